The molecule has 20 heavy (non-hydrogen) atoms. The molecule has 0 radical (unpaired) electrons. The van der Waals surface area contributed by atoms with Crippen LogP contribution in [-0.4, -0.2) is 39.5 Å². The summed E-state index contributed by atoms with van der Waals surface area (Å²) in [6.45, 7) is 1.10. The number of hydrogen-bond donors (Lipinski definition) is 1. The van der Waals surface area contributed by atoms with Crippen molar-refractivity contribution in [2.24, 2.45) is 13.0 Å². The van der Waals surface area contributed by atoms with E-state index in [-0.39, 0.29) is 23.8 Å². The summed E-state index contributed by atoms with van der Waals surface area (Å²) in [5.74, 6) is -0.807. The van der Waals surface area contributed by atoms with Gasteiger partial charge in [0.25, 0.3) is 11.5 Å². The average molecular weight is 278 g/mol. The molecule has 0 atom stereocenters. The van der Waals surface area contributed by atoms with Crippen LogP contribution in [0, 0.1) is 5.92 Å². The fourth-order valence-corrected chi connectivity index (χ4v) is 2.45. The Labute approximate surface area is 116 Å². The van der Waals surface area contributed by atoms with Gasteiger partial charge in [-0.2, -0.15) is 0 Å². The topological polar surface area (TPSA) is 79.6 Å². The third kappa shape index (κ3) is 3.26. The highest BCUT2D eigenvalue weighted by molar-refractivity contribution is 5.94. The first-order chi connectivity index (χ1) is 9.47. The molecule has 0 spiro atoms. The Morgan fingerprint density at radius 1 is 1.35 bits per heavy atom. The van der Waals surface area contributed by atoms with Gasteiger partial charge in [0, 0.05) is 44.4 Å². The van der Waals surface area contributed by atoms with E-state index >= 15 is 0 Å². The van der Waals surface area contributed by atoms with Crippen LogP contribution in [0.15, 0.2) is 23.1 Å². The van der Waals surface area contributed by atoms with E-state index in [0.717, 1.165) is 0 Å². The first-order valence-corrected chi connectivity index (χ1v) is 6.65. The number of hydrogen-bond acceptors (Lipinski definition) is 3. The van der Waals surface area contributed by atoms with Crippen LogP contribution in [0.3, 0.4) is 0 Å². The number of rotatable bonds is 3. The van der Waals surface area contributed by atoms with Gasteiger partial charge < -0.3 is 14.6 Å². The number of carbonyl (C=O) groups is 2. The van der Waals surface area contributed by atoms with Crippen LogP contribution in [0.2, 0.25) is 0 Å². The maximum Gasteiger partial charge on any atom is 0.303 e. The Kier molecular flexibility index (Phi) is 4.22. The number of carbonyl (C=O) groups excluding carboxylic acids is 1. The van der Waals surface area contributed by atoms with Gasteiger partial charge in [-0.25, -0.2) is 0 Å². The Morgan fingerprint density at radius 2 is 2.00 bits per heavy atom. The molecule has 1 saturated heterocycles. The summed E-state index contributed by atoms with van der Waals surface area (Å²) in [5, 5.41) is 8.76. The Balaban J connectivity index is 1.99. The van der Waals surface area contributed by atoms with E-state index < -0.39 is 5.97 Å². The van der Waals surface area contributed by atoms with Crippen molar-refractivity contribution in [3.8, 4) is 0 Å². The predicted octanol–water partition coefficient (Wildman–Crippen LogP) is 0.712. The van der Waals surface area contributed by atoms with Gasteiger partial charge >= 0.3 is 5.97 Å². The molecule has 1 aliphatic rings. The maximum absolute atomic E-state index is 12.3. The van der Waals surface area contributed by atoms with Crippen LogP contribution >= 0.6 is 0 Å². The summed E-state index contributed by atoms with van der Waals surface area (Å²) in [6.07, 6.45) is 3.13. The van der Waals surface area contributed by atoms with Crippen LogP contribution in [0.5, 0.6) is 0 Å². The molecule has 108 valence electrons. The van der Waals surface area contributed by atoms with E-state index in [9.17, 15) is 14.4 Å². The summed E-state index contributed by atoms with van der Waals surface area (Å²) in [4.78, 5) is 36.1. The average Bonchev–Trinajstić information content (AvgIpc) is 2.41. The highest BCUT2D eigenvalue weighted by Gasteiger charge is 2.25. The molecule has 2 heterocycles. The van der Waals surface area contributed by atoms with Crippen molar-refractivity contribution in [3.63, 3.8) is 0 Å². The van der Waals surface area contributed by atoms with E-state index in [1.807, 2.05) is 0 Å². The van der Waals surface area contributed by atoms with Gasteiger partial charge in [0.2, 0.25) is 0 Å². The lowest BCUT2D eigenvalue weighted by Crippen LogP contribution is -2.39. The van der Waals surface area contributed by atoms with Crippen LogP contribution in [0.25, 0.3) is 0 Å². The Hall–Kier alpha value is -2.11. The zero-order valence-corrected chi connectivity index (χ0v) is 11.4. The van der Waals surface area contributed by atoms with Gasteiger partial charge in [-0.3, -0.25) is 14.4 Å². The van der Waals surface area contributed by atoms with E-state index in [2.05, 4.69) is 0 Å². The molecule has 1 fully saturated rings. The van der Waals surface area contributed by atoms with Crippen molar-refractivity contribution in [2.75, 3.05) is 13.1 Å². The minimum absolute atomic E-state index is 0.139. The summed E-state index contributed by atoms with van der Waals surface area (Å²) < 4.78 is 1.41. The number of pyridine rings is 1. The minimum atomic E-state index is -0.790. The molecule has 1 amide bonds. The van der Waals surface area contributed by atoms with Crippen molar-refractivity contribution < 1.29 is 14.7 Å². The molecule has 0 unspecified atom stereocenters. The third-order valence-electron chi connectivity index (χ3n) is 3.72. The van der Waals surface area contributed by atoms with Crippen LogP contribution in [0.4, 0.5) is 0 Å². The lowest BCUT2D eigenvalue weighted by atomic mass is 9.93. The monoisotopic (exact) mass is 278 g/mol. The molecule has 0 aromatic carbocycles. The fourth-order valence-electron chi connectivity index (χ4n) is 2.45. The number of piperidine rings is 1. The number of likely N-dealkylation sites (tertiary alicyclic amines) is 1. The Morgan fingerprint density at radius 3 is 2.55 bits per heavy atom. The zero-order valence-electron chi connectivity index (χ0n) is 11.4. The third-order valence-corrected chi connectivity index (χ3v) is 3.72. The van der Waals surface area contributed by atoms with Gasteiger partial charge in [-0.1, -0.05) is 0 Å². The van der Waals surface area contributed by atoms with Gasteiger partial charge in [0.05, 0.1) is 0 Å². The molecule has 0 aliphatic carbocycles. The number of carboxylic acids is 1. The predicted molar refractivity (Wildman–Crippen MR) is 72.6 cm³/mol. The first kappa shape index (κ1) is 14.3. The quantitative estimate of drug-likeness (QED) is 0.883. The van der Waals surface area contributed by atoms with E-state index in [1.54, 1.807) is 24.2 Å². The highest BCUT2D eigenvalue weighted by Crippen LogP contribution is 2.21. The van der Waals surface area contributed by atoms with Crippen molar-refractivity contribution in [1.29, 1.82) is 0 Å². The van der Waals surface area contributed by atoms with E-state index in [0.29, 0.717) is 31.5 Å². The summed E-state index contributed by atoms with van der Waals surface area (Å²) in [6, 6.07) is 2.97. The minimum Gasteiger partial charge on any atom is -0.481 e. The number of aliphatic carboxylic acids is 1. The smallest absolute Gasteiger partial charge is 0.303 e. The van der Waals surface area contributed by atoms with Crippen molar-refractivity contribution >= 4 is 11.9 Å². The van der Waals surface area contributed by atoms with Crippen molar-refractivity contribution in [1.82, 2.24) is 9.47 Å². The normalized spacial score (nSPS) is 16.1. The zero-order chi connectivity index (χ0) is 14.7. The van der Waals surface area contributed by atoms with Crippen LogP contribution < -0.4 is 5.56 Å². The SMILES string of the molecule is Cn1ccc(C(=O)N2CCC(CC(=O)O)CC2)cc1=O. The molecular formula is C14H18N2O4. The maximum atomic E-state index is 12.3. The number of carboxylic acid groups (broad SMARTS) is 1. The van der Waals surface area contributed by atoms with E-state index in [1.165, 1.54) is 10.6 Å². The second kappa shape index (κ2) is 5.90. The molecule has 6 nitrogen and oxygen atoms in total. The lowest BCUT2D eigenvalue weighted by molar-refractivity contribution is -0.138. The second-order valence-corrected chi connectivity index (χ2v) is 5.20. The standard InChI is InChI=1S/C14H18N2O4/c1-15-5-4-11(9-12(15)17)14(20)16-6-2-10(3-7-16)8-13(18)19/h4-5,9-10H,2-3,6-8H2,1H3,(H,18,19). The first-order valence-electron chi connectivity index (χ1n) is 6.65. The summed E-state index contributed by atoms with van der Waals surface area (Å²) >= 11 is 0. The number of amides is 1. The summed E-state index contributed by atoms with van der Waals surface area (Å²) in [5.41, 5.74) is 0.182. The van der Waals surface area contributed by atoms with Crippen LogP contribution in [0.1, 0.15) is 29.6 Å². The molecule has 0 saturated carbocycles. The van der Waals surface area contributed by atoms with E-state index in [4.69, 9.17) is 5.11 Å². The number of aryl methyl sites for hydroxylation is 1. The highest BCUT2D eigenvalue weighted by atomic mass is 16.4. The second-order valence-electron chi connectivity index (χ2n) is 5.20. The van der Waals surface area contributed by atoms with Gasteiger partial charge in [-0.15, -0.1) is 0 Å². The molecular weight excluding hydrogens is 260 g/mol. The number of nitrogens with zero attached hydrogens (tertiary/aromatic N) is 2. The number of aromatic nitrogens is 1. The van der Waals surface area contributed by atoms with Gasteiger partial charge in [-0.05, 0) is 24.8 Å². The molecule has 1 aromatic rings. The van der Waals surface area contributed by atoms with Gasteiger partial charge in [0.15, 0.2) is 0 Å². The van der Waals surface area contributed by atoms with Crippen LogP contribution in [-0.2, 0) is 11.8 Å². The lowest BCUT2D eigenvalue weighted by Gasteiger charge is -2.31. The molecule has 6 heteroatoms. The summed E-state index contributed by atoms with van der Waals surface area (Å²) in [7, 11) is 1.63. The molecule has 0 bridgehead atoms. The largest absolute Gasteiger partial charge is 0.481 e. The van der Waals surface area contributed by atoms with Crippen molar-refractivity contribution in [2.45, 2.75) is 19.3 Å². The molecule has 2 rings (SSSR count). The molecule has 1 aliphatic heterocycles. The molecule has 1 N–H and O–H groups in total. The van der Waals surface area contributed by atoms with Crippen molar-refractivity contribution in [3.05, 3.63) is 34.2 Å². The fraction of sp³-hybridized carbons (Fsp3) is 0.500. The molecule has 1 aromatic heterocycles. The van der Waals surface area contributed by atoms with Gasteiger partial charge in [0.1, 0.15) is 0 Å². The Bertz CT molecular complexity index is 571.